The van der Waals surface area contributed by atoms with E-state index in [1.54, 1.807) is 12.1 Å². The number of ether oxygens (including phenoxy) is 2. The molecule has 0 spiro atoms. The zero-order valence-electron chi connectivity index (χ0n) is 18.5. The summed E-state index contributed by atoms with van der Waals surface area (Å²) in [6.07, 6.45) is 1.92. The van der Waals surface area contributed by atoms with Crippen molar-refractivity contribution < 1.29 is 19.1 Å². The van der Waals surface area contributed by atoms with E-state index in [4.69, 9.17) is 9.47 Å². The van der Waals surface area contributed by atoms with E-state index in [-0.39, 0.29) is 11.8 Å². The summed E-state index contributed by atoms with van der Waals surface area (Å²) in [4.78, 5) is 29.2. The average Bonchev–Trinajstić information content (AvgIpc) is 3.04. The number of rotatable bonds is 8. The van der Waals surface area contributed by atoms with E-state index in [0.717, 1.165) is 23.5 Å². The fourth-order valence-electron chi connectivity index (χ4n) is 3.69. The van der Waals surface area contributed by atoms with Gasteiger partial charge in [0.15, 0.2) is 0 Å². The van der Waals surface area contributed by atoms with Gasteiger partial charge in [0, 0.05) is 38.2 Å². The van der Waals surface area contributed by atoms with Crippen molar-refractivity contribution in [1.29, 1.82) is 0 Å². The van der Waals surface area contributed by atoms with Gasteiger partial charge in [-0.15, -0.1) is 0 Å². The third kappa shape index (κ3) is 6.48. The van der Waals surface area contributed by atoms with Gasteiger partial charge in [-0.3, -0.25) is 9.59 Å². The van der Waals surface area contributed by atoms with Crippen LogP contribution >= 0.6 is 0 Å². The second kappa shape index (κ2) is 11.4. The van der Waals surface area contributed by atoms with Gasteiger partial charge in [0.25, 0.3) is 5.91 Å². The van der Waals surface area contributed by atoms with E-state index in [1.165, 1.54) is 0 Å². The Bertz CT molecular complexity index is 866. The van der Waals surface area contributed by atoms with Gasteiger partial charge in [-0.1, -0.05) is 18.2 Å². The number of benzene rings is 2. The molecule has 0 aromatic heterocycles. The lowest BCUT2D eigenvalue weighted by Crippen LogP contribution is -2.37. The van der Waals surface area contributed by atoms with Crippen molar-refractivity contribution in [2.24, 2.45) is 0 Å². The largest absolute Gasteiger partial charge is 0.494 e. The smallest absolute Gasteiger partial charge is 0.253 e. The summed E-state index contributed by atoms with van der Waals surface area (Å²) >= 11 is 0. The van der Waals surface area contributed by atoms with E-state index in [2.05, 4.69) is 0 Å². The second-order valence-corrected chi connectivity index (χ2v) is 7.70. The standard InChI is InChI=1S/C25H32N2O4/c1-3-30-22-13-11-21(12-14-22)25(29)27-16-7-15-26(17-18-27)24(28)10-6-19-31-23-9-5-4-8-20(23)2/h4-5,8-9,11-14H,3,6-7,10,15-19H2,1-2H3. The Labute approximate surface area is 184 Å². The maximum absolute atomic E-state index is 12.8. The minimum Gasteiger partial charge on any atom is -0.494 e. The highest BCUT2D eigenvalue weighted by Gasteiger charge is 2.22. The van der Waals surface area contributed by atoms with Crippen LogP contribution in [-0.4, -0.2) is 61.0 Å². The molecule has 0 bridgehead atoms. The lowest BCUT2D eigenvalue weighted by atomic mass is 10.2. The Morgan fingerprint density at radius 2 is 1.61 bits per heavy atom. The highest BCUT2D eigenvalue weighted by Crippen LogP contribution is 2.17. The normalized spacial score (nSPS) is 14.1. The minimum atomic E-state index is 0.00368. The molecule has 1 heterocycles. The molecule has 0 aliphatic carbocycles. The van der Waals surface area contributed by atoms with E-state index in [1.807, 2.05) is 60.0 Å². The first-order valence-electron chi connectivity index (χ1n) is 11.1. The fourth-order valence-corrected chi connectivity index (χ4v) is 3.69. The van der Waals surface area contributed by atoms with Crippen LogP contribution in [0.25, 0.3) is 0 Å². The quantitative estimate of drug-likeness (QED) is 0.603. The van der Waals surface area contributed by atoms with Crippen molar-refractivity contribution in [3.63, 3.8) is 0 Å². The van der Waals surface area contributed by atoms with Crippen molar-refractivity contribution in [3.8, 4) is 11.5 Å². The van der Waals surface area contributed by atoms with Crippen molar-refractivity contribution in [3.05, 3.63) is 59.7 Å². The summed E-state index contributed by atoms with van der Waals surface area (Å²) in [5.41, 5.74) is 1.75. The van der Waals surface area contributed by atoms with Crippen LogP contribution in [0.2, 0.25) is 0 Å². The number of hydrogen-bond acceptors (Lipinski definition) is 4. The van der Waals surface area contributed by atoms with Crippen molar-refractivity contribution in [2.75, 3.05) is 39.4 Å². The molecule has 1 aliphatic heterocycles. The van der Waals surface area contributed by atoms with Crippen LogP contribution in [0, 0.1) is 6.92 Å². The molecule has 31 heavy (non-hydrogen) atoms. The molecule has 0 radical (unpaired) electrons. The van der Waals surface area contributed by atoms with Gasteiger partial charge >= 0.3 is 0 Å². The highest BCUT2D eigenvalue weighted by molar-refractivity contribution is 5.94. The maximum Gasteiger partial charge on any atom is 0.253 e. The Kier molecular flexibility index (Phi) is 8.33. The molecule has 166 valence electrons. The zero-order chi connectivity index (χ0) is 22.1. The second-order valence-electron chi connectivity index (χ2n) is 7.70. The van der Waals surface area contributed by atoms with Crippen LogP contribution in [0.15, 0.2) is 48.5 Å². The van der Waals surface area contributed by atoms with Crippen LogP contribution < -0.4 is 9.47 Å². The number of aryl methyl sites for hydroxylation is 1. The average molecular weight is 425 g/mol. The molecule has 2 aromatic carbocycles. The number of para-hydroxylation sites is 1. The molecule has 1 saturated heterocycles. The predicted octanol–water partition coefficient (Wildman–Crippen LogP) is 3.93. The van der Waals surface area contributed by atoms with Crippen molar-refractivity contribution in [2.45, 2.75) is 33.1 Å². The van der Waals surface area contributed by atoms with Crippen LogP contribution in [0.5, 0.6) is 11.5 Å². The Balaban J connectivity index is 1.43. The van der Waals surface area contributed by atoms with E-state index >= 15 is 0 Å². The fraction of sp³-hybridized carbons (Fsp3) is 0.440. The van der Waals surface area contributed by atoms with Gasteiger partial charge in [0.2, 0.25) is 5.91 Å². The lowest BCUT2D eigenvalue weighted by Gasteiger charge is -2.22. The number of nitrogens with zero attached hydrogens (tertiary/aromatic N) is 2. The number of carbonyl (C=O) groups excluding carboxylic acids is 2. The summed E-state index contributed by atoms with van der Waals surface area (Å²) in [6.45, 7) is 7.53. The topological polar surface area (TPSA) is 59.1 Å². The summed E-state index contributed by atoms with van der Waals surface area (Å²) in [7, 11) is 0. The molecule has 6 heteroatoms. The first kappa shape index (κ1) is 22.7. The molecular weight excluding hydrogens is 392 g/mol. The molecule has 0 saturated carbocycles. The summed E-state index contributed by atoms with van der Waals surface area (Å²) in [5, 5.41) is 0. The zero-order valence-corrected chi connectivity index (χ0v) is 18.5. The maximum atomic E-state index is 12.8. The van der Waals surface area contributed by atoms with Crippen molar-refractivity contribution >= 4 is 11.8 Å². The number of hydrogen-bond donors (Lipinski definition) is 0. The molecule has 0 atom stereocenters. The van der Waals surface area contributed by atoms with E-state index < -0.39 is 0 Å². The number of amides is 2. The molecular formula is C25H32N2O4. The first-order valence-corrected chi connectivity index (χ1v) is 11.1. The van der Waals surface area contributed by atoms with Gasteiger partial charge in [-0.2, -0.15) is 0 Å². The molecule has 1 fully saturated rings. The van der Waals surface area contributed by atoms with Crippen LogP contribution in [0.3, 0.4) is 0 Å². The van der Waals surface area contributed by atoms with Crippen LogP contribution in [0.4, 0.5) is 0 Å². The Morgan fingerprint density at radius 3 is 2.35 bits per heavy atom. The summed E-state index contributed by atoms with van der Waals surface area (Å²) in [5.74, 6) is 1.76. The third-order valence-electron chi connectivity index (χ3n) is 5.43. The number of carbonyl (C=O) groups is 2. The minimum absolute atomic E-state index is 0.00368. The molecule has 6 nitrogen and oxygen atoms in total. The lowest BCUT2D eigenvalue weighted by molar-refractivity contribution is -0.131. The van der Waals surface area contributed by atoms with Crippen molar-refractivity contribution in [1.82, 2.24) is 9.80 Å². The Morgan fingerprint density at radius 1 is 0.903 bits per heavy atom. The summed E-state index contributed by atoms with van der Waals surface area (Å²) < 4.78 is 11.2. The van der Waals surface area contributed by atoms with Gasteiger partial charge in [-0.25, -0.2) is 0 Å². The van der Waals surface area contributed by atoms with Crippen LogP contribution in [-0.2, 0) is 4.79 Å². The van der Waals surface area contributed by atoms with Gasteiger partial charge in [0.1, 0.15) is 11.5 Å². The van der Waals surface area contributed by atoms with Gasteiger partial charge < -0.3 is 19.3 Å². The van der Waals surface area contributed by atoms with E-state index in [0.29, 0.717) is 57.8 Å². The Hall–Kier alpha value is -3.02. The first-order chi connectivity index (χ1) is 15.1. The predicted molar refractivity (Wildman–Crippen MR) is 121 cm³/mol. The summed E-state index contributed by atoms with van der Waals surface area (Å²) in [6, 6.07) is 15.1. The van der Waals surface area contributed by atoms with Gasteiger partial charge in [0.05, 0.1) is 13.2 Å². The highest BCUT2D eigenvalue weighted by atomic mass is 16.5. The monoisotopic (exact) mass is 424 g/mol. The van der Waals surface area contributed by atoms with Crippen LogP contribution in [0.1, 0.15) is 42.1 Å². The SMILES string of the molecule is CCOc1ccc(C(=O)N2CCCN(C(=O)CCCOc3ccccc3C)CC2)cc1. The molecule has 1 aliphatic rings. The molecule has 0 unspecified atom stereocenters. The molecule has 0 N–H and O–H groups in total. The van der Waals surface area contributed by atoms with E-state index in [9.17, 15) is 9.59 Å². The molecule has 2 amide bonds. The molecule has 3 rings (SSSR count). The molecule has 2 aromatic rings. The third-order valence-corrected chi connectivity index (χ3v) is 5.43. The van der Waals surface area contributed by atoms with Gasteiger partial charge in [-0.05, 0) is 62.6 Å².